The van der Waals surface area contributed by atoms with Crippen molar-refractivity contribution in [2.75, 3.05) is 0 Å². The van der Waals surface area contributed by atoms with Crippen molar-refractivity contribution in [3.8, 4) is 0 Å². The summed E-state index contributed by atoms with van der Waals surface area (Å²) in [5, 5.41) is 0.685. The van der Waals surface area contributed by atoms with Gasteiger partial charge in [0.1, 0.15) is 6.61 Å². The molecule has 2 aromatic carbocycles. The number of benzene rings is 2. The van der Waals surface area contributed by atoms with Gasteiger partial charge in [-0.05, 0) is 66.3 Å². The molecule has 0 heterocycles. The van der Waals surface area contributed by atoms with Crippen molar-refractivity contribution in [1.82, 2.24) is 0 Å². The fourth-order valence-corrected chi connectivity index (χ4v) is 4.46. The van der Waals surface area contributed by atoms with E-state index in [0.29, 0.717) is 17.4 Å². The third-order valence-electron chi connectivity index (χ3n) is 6.18. The number of hydrogen-bond donors (Lipinski definition) is 0. The molecular weight excluding hydrogens is 380 g/mol. The summed E-state index contributed by atoms with van der Waals surface area (Å²) >= 11 is 5.88. The lowest BCUT2D eigenvalue weighted by Gasteiger charge is -2.29. The van der Waals surface area contributed by atoms with Crippen molar-refractivity contribution in [2.24, 2.45) is 5.92 Å². The van der Waals surface area contributed by atoms with Crippen LogP contribution in [0.2, 0.25) is 5.02 Å². The SMILES string of the molecule is CCCCCC1CCC(c2ccc(CC(=O)OCc3ccc(Cl)cc3)cc2)CC1. The molecule has 0 N–H and O–H groups in total. The van der Waals surface area contributed by atoms with Crippen LogP contribution in [0, 0.1) is 5.92 Å². The summed E-state index contributed by atoms with van der Waals surface area (Å²) in [5.41, 5.74) is 3.39. The first-order valence-electron chi connectivity index (χ1n) is 11.1. The maximum atomic E-state index is 12.1. The summed E-state index contributed by atoms with van der Waals surface area (Å²) in [6.07, 6.45) is 11.2. The zero-order valence-corrected chi connectivity index (χ0v) is 18.3. The minimum absolute atomic E-state index is 0.194. The van der Waals surface area contributed by atoms with Crippen LogP contribution in [-0.2, 0) is 22.6 Å². The molecule has 3 rings (SSSR count). The van der Waals surface area contributed by atoms with Crippen LogP contribution in [0.4, 0.5) is 0 Å². The molecule has 0 unspecified atom stereocenters. The summed E-state index contributed by atoms with van der Waals surface area (Å²) in [4.78, 5) is 12.1. The van der Waals surface area contributed by atoms with Crippen molar-refractivity contribution >= 4 is 17.6 Å². The fourth-order valence-electron chi connectivity index (χ4n) is 4.34. The molecule has 0 aliphatic heterocycles. The molecule has 1 aliphatic rings. The number of ether oxygens (including phenoxy) is 1. The first-order valence-corrected chi connectivity index (χ1v) is 11.5. The second kappa shape index (κ2) is 11.4. The Bertz CT molecular complexity index is 743. The molecule has 2 nitrogen and oxygen atoms in total. The summed E-state index contributed by atoms with van der Waals surface area (Å²) in [6, 6.07) is 16.0. The molecular formula is C26H33ClO2. The molecule has 0 saturated heterocycles. The standard InChI is InChI=1S/C26H33ClO2/c1-2-3-4-5-20-6-12-23(13-7-20)24-14-8-21(9-15-24)18-26(28)29-19-22-10-16-25(27)17-11-22/h8-11,14-17,20,23H,2-7,12-13,18-19H2,1H3. The molecule has 1 fully saturated rings. The Hall–Kier alpha value is -1.80. The van der Waals surface area contributed by atoms with Gasteiger partial charge in [-0.25, -0.2) is 0 Å². The van der Waals surface area contributed by atoms with Gasteiger partial charge in [-0.15, -0.1) is 0 Å². The highest BCUT2D eigenvalue weighted by molar-refractivity contribution is 6.30. The maximum absolute atomic E-state index is 12.1. The van der Waals surface area contributed by atoms with Gasteiger partial charge < -0.3 is 4.74 Å². The smallest absolute Gasteiger partial charge is 0.310 e. The molecule has 2 aromatic rings. The van der Waals surface area contributed by atoms with Crippen molar-refractivity contribution in [1.29, 1.82) is 0 Å². The van der Waals surface area contributed by atoms with E-state index >= 15 is 0 Å². The normalized spacial score (nSPS) is 19.1. The summed E-state index contributed by atoms with van der Waals surface area (Å²) in [7, 11) is 0. The number of unbranched alkanes of at least 4 members (excludes halogenated alkanes) is 2. The van der Waals surface area contributed by atoms with Gasteiger partial charge in [0.05, 0.1) is 6.42 Å². The van der Waals surface area contributed by atoms with Gasteiger partial charge in [0, 0.05) is 5.02 Å². The van der Waals surface area contributed by atoms with Gasteiger partial charge in [-0.2, -0.15) is 0 Å². The minimum atomic E-state index is -0.194. The quantitative estimate of drug-likeness (QED) is 0.315. The highest BCUT2D eigenvalue weighted by atomic mass is 35.5. The van der Waals surface area contributed by atoms with Gasteiger partial charge in [0.15, 0.2) is 0 Å². The first-order chi connectivity index (χ1) is 14.1. The topological polar surface area (TPSA) is 26.3 Å². The number of esters is 1. The Morgan fingerprint density at radius 1 is 0.931 bits per heavy atom. The monoisotopic (exact) mass is 412 g/mol. The average molecular weight is 413 g/mol. The zero-order chi connectivity index (χ0) is 20.5. The highest BCUT2D eigenvalue weighted by Gasteiger charge is 2.22. The Morgan fingerprint density at radius 3 is 2.24 bits per heavy atom. The number of carbonyl (C=O) groups is 1. The molecule has 0 radical (unpaired) electrons. The number of hydrogen-bond acceptors (Lipinski definition) is 2. The fraction of sp³-hybridized carbons (Fsp3) is 0.500. The van der Waals surface area contributed by atoms with E-state index in [2.05, 4.69) is 31.2 Å². The Kier molecular flexibility index (Phi) is 8.61. The molecule has 1 aliphatic carbocycles. The predicted molar refractivity (Wildman–Crippen MR) is 120 cm³/mol. The largest absolute Gasteiger partial charge is 0.461 e. The molecule has 0 spiro atoms. The van der Waals surface area contributed by atoms with Gasteiger partial charge >= 0.3 is 5.97 Å². The van der Waals surface area contributed by atoms with Crippen LogP contribution >= 0.6 is 11.6 Å². The van der Waals surface area contributed by atoms with Gasteiger partial charge in [-0.3, -0.25) is 4.79 Å². The van der Waals surface area contributed by atoms with Gasteiger partial charge in [0.2, 0.25) is 0 Å². The van der Waals surface area contributed by atoms with Gasteiger partial charge in [-0.1, -0.05) is 80.6 Å². The number of halogens is 1. The third-order valence-corrected chi connectivity index (χ3v) is 6.43. The van der Waals surface area contributed by atoms with E-state index in [1.54, 1.807) is 0 Å². The van der Waals surface area contributed by atoms with E-state index in [1.807, 2.05) is 24.3 Å². The zero-order valence-electron chi connectivity index (χ0n) is 17.5. The van der Waals surface area contributed by atoms with E-state index in [9.17, 15) is 4.79 Å². The molecule has 156 valence electrons. The van der Waals surface area contributed by atoms with E-state index < -0.39 is 0 Å². The lowest BCUT2D eigenvalue weighted by atomic mass is 9.77. The molecule has 0 amide bonds. The van der Waals surface area contributed by atoms with Crippen LogP contribution in [0.1, 0.15) is 80.9 Å². The lowest BCUT2D eigenvalue weighted by Crippen LogP contribution is -2.13. The van der Waals surface area contributed by atoms with E-state index in [0.717, 1.165) is 17.0 Å². The first kappa shape index (κ1) is 21.9. The van der Waals surface area contributed by atoms with Crippen LogP contribution in [0.15, 0.2) is 48.5 Å². The van der Waals surface area contributed by atoms with Crippen LogP contribution in [-0.4, -0.2) is 5.97 Å². The molecule has 3 heteroatoms. The minimum Gasteiger partial charge on any atom is -0.461 e. The highest BCUT2D eigenvalue weighted by Crippen LogP contribution is 2.37. The van der Waals surface area contributed by atoms with E-state index in [4.69, 9.17) is 16.3 Å². The Morgan fingerprint density at radius 2 is 1.59 bits per heavy atom. The number of carbonyl (C=O) groups excluding carboxylic acids is 1. The number of rotatable bonds is 9. The predicted octanol–water partition coefficient (Wildman–Crippen LogP) is 7.48. The third kappa shape index (κ3) is 7.19. The van der Waals surface area contributed by atoms with Crippen molar-refractivity contribution in [3.05, 3.63) is 70.2 Å². The summed E-state index contributed by atoms with van der Waals surface area (Å²) < 4.78 is 5.39. The van der Waals surface area contributed by atoms with E-state index in [1.165, 1.54) is 56.9 Å². The van der Waals surface area contributed by atoms with Crippen molar-refractivity contribution in [2.45, 2.75) is 77.2 Å². The molecule has 0 bridgehead atoms. The molecule has 29 heavy (non-hydrogen) atoms. The van der Waals surface area contributed by atoms with Crippen LogP contribution in [0.25, 0.3) is 0 Å². The van der Waals surface area contributed by atoms with Crippen LogP contribution < -0.4 is 0 Å². The van der Waals surface area contributed by atoms with Crippen molar-refractivity contribution in [3.63, 3.8) is 0 Å². The average Bonchev–Trinajstić information content (AvgIpc) is 2.75. The maximum Gasteiger partial charge on any atom is 0.310 e. The summed E-state index contributed by atoms with van der Waals surface area (Å²) in [6.45, 7) is 2.56. The Balaban J connectivity index is 1.41. The van der Waals surface area contributed by atoms with Crippen molar-refractivity contribution < 1.29 is 9.53 Å². The molecule has 1 saturated carbocycles. The van der Waals surface area contributed by atoms with E-state index in [-0.39, 0.29) is 12.6 Å². The van der Waals surface area contributed by atoms with Crippen LogP contribution in [0.5, 0.6) is 0 Å². The van der Waals surface area contributed by atoms with Crippen LogP contribution in [0.3, 0.4) is 0 Å². The molecule has 0 atom stereocenters. The second-order valence-electron chi connectivity index (χ2n) is 8.42. The Labute approximate surface area is 180 Å². The molecule has 0 aromatic heterocycles. The summed E-state index contributed by atoms with van der Waals surface area (Å²) in [5.74, 6) is 1.43. The van der Waals surface area contributed by atoms with Gasteiger partial charge in [0.25, 0.3) is 0 Å². The second-order valence-corrected chi connectivity index (χ2v) is 8.86. The lowest BCUT2D eigenvalue weighted by molar-refractivity contribution is -0.144.